The number of rotatable bonds is 5. The maximum absolute atomic E-state index is 12.2. The van der Waals surface area contributed by atoms with E-state index in [-0.39, 0.29) is 11.4 Å². The first-order valence-corrected chi connectivity index (χ1v) is 8.36. The van der Waals surface area contributed by atoms with Crippen molar-refractivity contribution < 1.29 is 13.2 Å². The van der Waals surface area contributed by atoms with E-state index in [1.165, 1.54) is 25.3 Å². The van der Waals surface area contributed by atoms with Gasteiger partial charge in [-0.25, -0.2) is 0 Å². The van der Waals surface area contributed by atoms with Crippen LogP contribution in [-0.4, -0.2) is 15.5 Å². The molecule has 0 fully saturated rings. The quantitative estimate of drug-likeness (QED) is 0.832. The molecule has 0 amide bonds. The lowest BCUT2D eigenvalue weighted by Crippen LogP contribution is -2.22. The number of nitrogens with one attached hydrogen (secondary N) is 2. The van der Waals surface area contributed by atoms with E-state index in [1.807, 2.05) is 6.07 Å². The van der Waals surface area contributed by atoms with Crippen molar-refractivity contribution in [2.45, 2.75) is 0 Å². The van der Waals surface area contributed by atoms with Crippen LogP contribution in [0, 0.1) is 11.3 Å². The predicted molar refractivity (Wildman–Crippen MR) is 88.0 cm³/mol. The van der Waals surface area contributed by atoms with E-state index < -0.39 is 10.2 Å². The van der Waals surface area contributed by atoms with Crippen molar-refractivity contribution in [3.05, 3.63) is 52.5 Å². The molecule has 2 N–H and O–H groups in total. The van der Waals surface area contributed by atoms with Gasteiger partial charge in [0.05, 0.1) is 30.1 Å². The first-order valence-electron chi connectivity index (χ1n) is 6.08. The molecule has 6 nitrogen and oxygen atoms in total. The number of nitrogens with zero attached hydrogens (tertiary/aromatic N) is 1. The maximum Gasteiger partial charge on any atom is 0.321 e. The normalized spacial score (nSPS) is 10.6. The van der Waals surface area contributed by atoms with Crippen LogP contribution < -0.4 is 14.2 Å². The zero-order valence-electron chi connectivity index (χ0n) is 11.5. The maximum atomic E-state index is 12.2. The third kappa shape index (κ3) is 3.90. The molecule has 0 aliphatic carbocycles. The van der Waals surface area contributed by atoms with Gasteiger partial charge in [-0.15, -0.1) is 0 Å². The summed E-state index contributed by atoms with van der Waals surface area (Å²) in [7, 11) is -2.46. The van der Waals surface area contributed by atoms with Crippen molar-refractivity contribution in [2.75, 3.05) is 16.6 Å². The van der Waals surface area contributed by atoms with Crippen LogP contribution in [-0.2, 0) is 10.2 Å². The van der Waals surface area contributed by atoms with Crippen LogP contribution in [0.2, 0.25) is 0 Å². The van der Waals surface area contributed by atoms with Crippen molar-refractivity contribution in [3.8, 4) is 11.8 Å². The second-order valence-corrected chi connectivity index (χ2v) is 6.48. The first-order chi connectivity index (χ1) is 10.4. The minimum Gasteiger partial charge on any atom is -0.495 e. The van der Waals surface area contributed by atoms with Crippen LogP contribution in [0.1, 0.15) is 5.56 Å². The Morgan fingerprint density at radius 1 is 1.14 bits per heavy atom. The zero-order valence-corrected chi connectivity index (χ0v) is 13.9. The summed E-state index contributed by atoms with van der Waals surface area (Å²) in [5, 5.41) is 8.84. The molecular formula is C14H12BrN3O3S. The van der Waals surface area contributed by atoms with Gasteiger partial charge in [0.2, 0.25) is 0 Å². The molecule has 0 saturated heterocycles. The Morgan fingerprint density at radius 2 is 1.82 bits per heavy atom. The van der Waals surface area contributed by atoms with Crippen LogP contribution in [0.15, 0.2) is 46.9 Å². The molecule has 0 saturated carbocycles. The molecule has 0 heterocycles. The SMILES string of the molecule is COc1cc(C#N)ccc1NS(=O)(=O)Nc1ccccc1Br. The summed E-state index contributed by atoms with van der Waals surface area (Å²) in [5.41, 5.74) is 1.02. The second-order valence-electron chi connectivity index (χ2n) is 4.21. The fraction of sp³-hybridized carbons (Fsp3) is 0.0714. The van der Waals surface area contributed by atoms with Gasteiger partial charge in [0.15, 0.2) is 0 Å². The van der Waals surface area contributed by atoms with E-state index in [4.69, 9.17) is 10.00 Å². The summed E-state index contributed by atoms with van der Waals surface area (Å²) in [6.07, 6.45) is 0. The van der Waals surface area contributed by atoms with E-state index in [0.29, 0.717) is 15.7 Å². The number of benzene rings is 2. The molecular weight excluding hydrogens is 370 g/mol. The number of hydrogen-bond acceptors (Lipinski definition) is 4. The van der Waals surface area contributed by atoms with E-state index >= 15 is 0 Å². The average molecular weight is 382 g/mol. The fourth-order valence-corrected chi connectivity index (χ4v) is 3.20. The third-order valence-electron chi connectivity index (χ3n) is 2.69. The summed E-state index contributed by atoms with van der Waals surface area (Å²) < 4.78 is 34.9. The van der Waals surface area contributed by atoms with Gasteiger partial charge in [0.1, 0.15) is 5.75 Å². The van der Waals surface area contributed by atoms with E-state index in [9.17, 15) is 8.42 Å². The molecule has 0 spiro atoms. The smallest absolute Gasteiger partial charge is 0.321 e. The first kappa shape index (κ1) is 16.1. The summed E-state index contributed by atoms with van der Waals surface area (Å²) in [5.74, 6) is 0.261. The van der Waals surface area contributed by atoms with E-state index in [0.717, 1.165) is 0 Å². The summed E-state index contributed by atoms with van der Waals surface area (Å²) in [4.78, 5) is 0. The number of methoxy groups -OCH3 is 1. The summed E-state index contributed by atoms with van der Waals surface area (Å²) >= 11 is 3.27. The minimum absolute atomic E-state index is 0.237. The number of para-hydroxylation sites is 1. The van der Waals surface area contributed by atoms with Crippen molar-refractivity contribution >= 4 is 37.5 Å². The Labute approximate surface area is 137 Å². The molecule has 2 aromatic rings. The molecule has 0 aliphatic heterocycles. The second kappa shape index (κ2) is 6.68. The highest BCUT2D eigenvalue weighted by atomic mass is 79.9. The Kier molecular flexibility index (Phi) is 4.90. The monoisotopic (exact) mass is 381 g/mol. The lowest BCUT2D eigenvalue weighted by Gasteiger charge is -2.14. The topological polar surface area (TPSA) is 91.2 Å². The van der Waals surface area contributed by atoms with Crippen molar-refractivity contribution in [2.24, 2.45) is 0 Å². The molecule has 22 heavy (non-hydrogen) atoms. The van der Waals surface area contributed by atoms with Crippen LogP contribution in [0.25, 0.3) is 0 Å². The lowest BCUT2D eigenvalue weighted by atomic mass is 10.2. The van der Waals surface area contributed by atoms with Gasteiger partial charge < -0.3 is 4.74 Å². The lowest BCUT2D eigenvalue weighted by molar-refractivity contribution is 0.416. The van der Waals surface area contributed by atoms with Gasteiger partial charge in [-0.1, -0.05) is 12.1 Å². The molecule has 8 heteroatoms. The van der Waals surface area contributed by atoms with Gasteiger partial charge in [0.25, 0.3) is 0 Å². The Morgan fingerprint density at radius 3 is 2.45 bits per heavy atom. The average Bonchev–Trinajstić information content (AvgIpc) is 2.49. The fourth-order valence-electron chi connectivity index (χ4n) is 1.70. The Bertz CT molecular complexity index is 831. The van der Waals surface area contributed by atoms with Crippen LogP contribution in [0.5, 0.6) is 5.75 Å². The molecule has 0 radical (unpaired) electrons. The summed E-state index contributed by atoms with van der Waals surface area (Å²) in [6.45, 7) is 0. The molecule has 0 aromatic heterocycles. The Balaban J connectivity index is 2.26. The van der Waals surface area contributed by atoms with Gasteiger partial charge in [-0.2, -0.15) is 13.7 Å². The molecule has 2 rings (SSSR count). The van der Waals surface area contributed by atoms with Gasteiger partial charge >= 0.3 is 10.2 Å². The van der Waals surface area contributed by atoms with Gasteiger partial charge in [-0.05, 0) is 40.2 Å². The number of hydrogen-bond donors (Lipinski definition) is 2. The largest absolute Gasteiger partial charge is 0.495 e. The highest BCUT2D eigenvalue weighted by Gasteiger charge is 2.15. The third-order valence-corrected chi connectivity index (χ3v) is 4.36. The Hall–Kier alpha value is -2.24. The number of nitriles is 1. The van der Waals surface area contributed by atoms with E-state index in [2.05, 4.69) is 25.4 Å². The van der Waals surface area contributed by atoms with Crippen molar-refractivity contribution in [3.63, 3.8) is 0 Å². The predicted octanol–water partition coefficient (Wildman–Crippen LogP) is 3.10. The number of halogens is 1. The zero-order chi connectivity index (χ0) is 16.2. The van der Waals surface area contributed by atoms with Crippen LogP contribution in [0.4, 0.5) is 11.4 Å². The molecule has 0 bridgehead atoms. The molecule has 2 aromatic carbocycles. The number of anilines is 2. The van der Waals surface area contributed by atoms with Gasteiger partial charge in [0, 0.05) is 10.5 Å². The van der Waals surface area contributed by atoms with E-state index in [1.54, 1.807) is 24.3 Å². The molecule has 0 aliphatic rings. The molecule has 114 valence electrons. The highest BCUT2D eigenvalue weighted by molar-refractivity contribution is 9.10. The van der Waals surface area contributed by atoms with Gasteiger partial charge in [-0.3, -0.25) is 9.44 Å². The van der Waals surface area contributed by atoms with Crippen molar-refractivity contribution in [1.29, 1.82) is 5.26 Å². The molecule has 0 atom stereocenters. The molecule has 0 unspecified atom stereocenters. The van der Waals surface area contributed by atoms with Crippen LogP contribution in [0.3, 0.4) is 0 Å². The standard InChI is InChI=1S/C14H12BrN3O3S/c1-21-14-8-10(9-16)6-7-13(14)18-22(19,20)17-12-5-3-2-4-11(12)15/h2-8,17-18H,1H3. The highest BCUT2D eigenvalue weighted by Crippen LogP contribution is 2.27. The van der Waals surface area contributed by atoms with Crippen LogP contribution >= 0.6 is 15.9 Å². The van der Waals surface area contributed by atoms with Crippen molar-refractivity contribution in [1.82, 2.24) is 0 Å². The minimum atomic E-state index is -3.86. The number of ether oxygens (including phenoxy) is 1. The summed E-state index contributed by atoms with van der Waals surface area (Å²) in [6, 6.07) is 13.2.